The maximum Gasteiger partial charge on any atom is 0.307 e. The summed E-state index contributed by atoms with van der Waals surface area (Å²) >= 11 is 6.93. The lowest BCUT2D eigenvalue weighted by atomic mass is 10.3. The predicted octanol–water partition coefficient (Wildman–Crippen LogP) is 2.46. The molecule has 0 aliphatic rings. The molecule has 1 amide bonds. The lowest BCUT2D eigenvalue weighted by molar-refractivity contribution is -0.143. The van der Waals surface area contributed by atoms with E-state index in [-0.39, 0.29) is 31.1 Å². The Morgan fingerprint density at radius 3 is 2.56 bits per heavy atom. The van der Waals surface area contributed by atoms with Crippen molar-refractivity contribution in [3.8, 4) is 5.75 Å². The first-order valence-electron chi connectivity index (χ1n) is 9.45. The summed E-state index contributed by atoms with van der Waals surface area (Å²) in [6, 6.07) is 10.9. The van der Waals surface area contributed by atoms with E-state index in [0.29, 0.717) is 25.8 Å². The first kappa shape index (κ1) is 23.9. The predicted molar refractivity (Wildman–Crippen MR) is 120 cm³/mol. The number of esters is 1. The lowest BCUT2D eigenvalue weighted by Gasteiger charge is -2.06. The van der Waals surface area contributed by atoms with Gasteiger partial charge in [0.25, 0.3) is 5.91 Å². The largest absolute Gasteiger partial charge is 0.484 e. The SMILES string of the molecule is CCOC(=O)CCn1c(=NC(=O)COc2ccc(Cl)cc2)sc2cc(S(N)(=O)=O)ccc21. The molecule has 12 heteroatoms. The van der Waals surface area contributed by atoms with Crippen LogP contribution in [0.4, 0.5) is 0 Å². The lowest BCUT2D eigenvalue weighted by Crippen LogP contribution is -2.21. The molecule has 2 N–H and O–H groups in total. The fraction of sp³-hybridized carbons (Fsp3) is 0.250. The molecule has 0 bridgehead atoms. The molecule has 0 unspecified atom stereocenters. The second-order valence-corrected chi connectivity index (χ2v) is 9.52. The van der Waals surface area contributed by atoms with Crippen LogP contribution in [-0.2, 0) is 30.9 Å². The van der Waals surface area contributed by atoms with E-state index in [9.17, 15) is 18.0 Å². The normalized spacial score (nSPS) is 12.2. The number of amides is 1. The summed E-state index contributed by atoms with van der Waals surface area (Å²) in [5.41, 5.74) is 0.608. The second-order valence-electron chi connectivity index (χ2n) is 6.51. The molecular weight excluding hydrogens is 478 g/mol. The van der Waals surface area contributed by atoms with Gasteiger partial charge in [0.1, 0.15) is 5.75 Å². The van der Waals surface area contributed by atoms with E-state index in [1.54, 1.807) is 41.8 Å². The fourth-order valence-corrected chi connectivity index (χ4v) is 4.64. The van der Waals surface area contributed by atoms with Crippen LogP contribution in [0.25, 0.3) is 10.2 Å². The Bertz CT molecular complexity index is 1310. The van der Waals surface area contributed by atoms with Crippen molar-refractivity contribution in [3.05, 3.63) is 52.3 Å². The molecule has 9 nitrogen and oxygen atoms in total. The van der Waals surface area contributed by atoms with Crippen LogP contribution in [0.5, 0.6) is 5.75 Å². The molecular formula is C20H20ClN3O6S2. The van der Waals surface area contributed by atoms with Crippen molar-refractivity contribution in [3.63, 3.8) is 0 Å². The number of aromatic nitrogens is 1. The Morgan fingerprint density at radius 1 is 1.19 bits per heavy atom. The summed E-state index contributed by atoms with van der Waals surface area (Å²) in [6.45, 7) is 1.84. The Kier molecular flexibility index (Phi) is 7.67. The molecule has 3 aromatic rings. The van der Waals surface area contributed by atoms with Gasteiger partial charge in [0.2, 0.25) is 10.0 Å². The van der Waals surface area contributed by atoms with E-state index >= 15 is 0 Å². The van der Waals surface area contributed by atoms with Gasteiger partial charge in [-0.05, 0) is 49.4 Å². The number of fused-ring (bicyclic) bond motifs is 1. The minimum absolute atomic E-state index is 0.0548. The van der Waals surface area contributed by atoms with Crippen LogP contribution >= 0.6 is 22.9 Å². The Balaban J connectivity index is 1.92. The summed E-state index contributed by atoms with van der Waals surface area (Å²) in [6.07, 6.45) is 0.0548. The van der Waals surface area contributed by atoms with Crippen LogP contribution < -0.4 is 14.7 Å². The molecule has 0 fully saturated rings. The molecule has 1 aromatic heterocycles. The molecule has 0 radical (unpaired) electrons. The number of hydrogen-bond donors (Lipinski definition) is 1. The van der Waals surface area contributed by atoms with Crippen molar-refractivity contribution in [2.24, 2.45) is 10.1 Å². The maximum atomic E-state index is 12.4. The number of hydrogen-bond acceptors (Lipinski definition) is 7. The monoisotopic (exact) mass is 497 g/mol. The van der Waals surface area contributed by atoms with E-state index in [1.807, 2.05) is 0 Å². The number of thiazole rings is 1. The first-order chi connectivity index (χ1) is 15.2. The molecule has 0 aliphatic heterocycles. The molecule has 170 valence electrons. The van der Waals surface area contributed by atoms with Gasteiger partial charge in [-0.3, -0.25) is 9.59 Å². The topological polar surface area (TPSA) is 130 Å². The van der Waals surface area contributed by atoms with Gasteiger partial charge in [0.15, 0.2) is 11.4 Å². The van der Waals surface area contributed by atoms with Crippen molar-refractivity contribution >= 4 is 55.1 Å². The average Bonchev–Trinajstić information content (AvgIpc) is 3.07. The molecule has 3 rings (SSSR count). The van der Waals surface area contributed by atoms with Crippen LogP contribution in [0, 0.1) is 0 Å². The van der Waals surface area contributed by atoms with Crippen molar-refractivity contribution in [2.45, 2.75) is 24.8 Å². The zero-order valence-corrected chi connectivity index (χ0v) is 19.4. The zero-order valence-electron chi connectivity index (χ0n) is 17.0. The molecule has 0 spiro atoms. The molecule has 32 heavy (non-hydrogen) atoms. The number of primary sulfonamides is 1. The molecule has 0 atom stereocenters. The van der Waals surface area contributed by atoms with Crippen molar-refractivity contribution in [1.82, 2.24) is 4.57 Å². The van der Waals surface area contributed by atoms with Gasteiger partial charge in [0, 0.05) is 11.6 Å². The maximum absolute atomic E-state index is 12.4. The molecule has 2 aromatic carbocycles. The number of carbonyl (C=O) groups excluding carboxylic acids is 2. The van der Waals surface area contributed by atoms with Crippen molar-refractivity contribution < 1.29 is 27.5 Å². The minimum Gasteiger partial charge on any atom is -0.484 e. The number of sulfonamides is 1. The average molecular weight is 498 g/mol. The molecule has 0 saturated heterocycles. The van der Waals surface area contributed by atoms with Crippen LogP contribution in [0.2, 0.25) is 5.02 Å². The van der Waals surface area contributed by atoms with Gasteiger partial charge in [-0.2, -0.15) is 4.99 Å². The van der Waals surface area contributed by atoms with Gasteiger partial charge in [-0.25, -0.2) is 13.6 Å². The van der Waals surface area contributed by atoms with E-state index in [4.69, 9.17) is 26.2 Å². The number of aryl methyl sites for hydroxylation is 1. The molecule has 0 aliphatic carbocycles. The number of ether oxygens (including phenoxy) is 2. The number of rotatable bonds is 8. The Hall–Kier alpha value is -2.73. The zero-order chi connectivity index (χ0) is 23.3. The third-order valence-electron chi connectivity index (χ3n) is 4.22. The summed E-state index contributed by atoms with van der Waals surface area (Å²) in [7, 11) is -3.90. The third-order valence-corrected chi connectivity index (χ3v) is 6.43. The second kappa shape index (κ2) is 10.3. The standard InChI is InChI=1S/C20H20ClN3O6S2/c1-2-29-19(26)9-10-24-16-8-7-15(32(22,27)28)11-17(16)31-20(24)23-18(25)12-30-14-5-3-13(21)4-6-14/h3-8,11H,2,9-10,12H2,1H3,(H2,22,27,28). The van der Waals surface area contributed by atoms with Crippen molar-refractivity contribution in [1.29, 1.82) is 0 Å². The van der Waals surface area contributed by atoms with E-state index < -0.39 is 21.9 Å². The molecule has 0 saturated carbocycles. The number of benzene rings is 2. The highest BCUT2D eigenvalue weighted by Crippen LogP contribution is 2.22. The Morgan fingerprint density at radius 2 is 1.91 bits per heavy atom. The number of carbonyl (C=O) groups is 2. The van der Waals surface area contributed by atoms with Gasteiger partial charge in [-0.1, -0.05) is 22.9 Å². The van der Waals surface area contributed by atoms with Crippen molar-refractivity contribution in [2.75, 3.05) is 13.2 Å². The van der Waals surface area contributed by atoms with Gasteiger partial charge < -0.3 is 14.0 Å². The number of halogens is 1. The Labute approximate surface area is 193 Å². The summed E-state index contributed by atoms with van der Waals surface area (Å²) in [5.74, 6) is -0.491. The van der Waals surface area contributed by atoms with E-state index in [2.05, 4.69) is 4.99 Å². The van der Waals surface area contributed by atoms with Crippen LogP contribution in [0.15, 0.2) is 52.4 Å². The number of nitrogens with two attached hydrogens (primary N) is 1. The summed E-state index contributed by atoms with van der Waals surface area (Å²) in [5, 5.41) is 5.76. The summed E-state index contributed by atoms with van der Waals surface area (Å²) in [4.78, 5) is 28.6. The molecule has 1 heterocycles. The highest BCUT2D eigenvalue weighted by Gasteiger charge is 2.14. The van der Waals surface area contributed by atoms with Crippen LogP contribution in [0.3, 0.4) is 0 Å². The fourth-order valence-electron chi connectivity index (χ4n) is 2.78. The quantitative estimate of drug-likeness (QED) is 0.476. The van der Waals surface area contributed by atoms with Crippen LogP contribution in [0.1, 0.15) is 13.3 Å². The van der Waals surface area contributed by atoms with E-state index in [1.165, 1.54) is 12.1 Å². The summed E-state index contributed by atoms with van der Waals surface area (Å²) < 4.78 is 36.0. The minimum atomic E-state index is -3.90. The highest BCUT2D eigenvalue weighted by atomic mass is 35.5. The van der Waals surface area contributed by atoms with Gasteiger partial charge in [0.05, 0.1) is 28.1 Å². The number of nitrogens with zero attached hydrogens (tertiary/aromatic N) is 2. The van der Waals surface area contributed by atoms with Crippen LogP contribution in [-0.4, -0.2) is 38.1 Å². The third kappa shape index (κ3) is 6.16. The van der Waals surface area contributed by atoms with E-state index in [0.717, 1.165) is 11.3 Å². The van der Waals surface area contributed by atoms with Gasteiger partial charge >= 0.3 is 5.97 Å². The first-order valence-corrected chi connectivity index (χ1v) is 12.2. The smallest absolute Gasteiger partial charge is 0.307 e. The highest BCUT2D eigenvalue weighted by molar-refractivity contribution is 7.89. The van der Waals surface area contributed by atoms with Gasteiger partial charge in [-0.15, -0.1) is 0 Å².